The lowest BCUT2D eigenvalue weighted by Crippen LogP contribution is -2.55. The van der Waals surface area contributed by atoms with Gasteiger partial charge in [-0.2, -0.15) is 0 Å². The van der Waals surface area contributed by atoms with E-state index in [9.17, 15) is 24.0 Å². The van der Waals surface area contributed by atoms with Crippen LogP contribution in [0.25, 0.3) is 0 Å². The minimum absolute atomic E-state index is 0.221. The van der Waals surface area contributed by atoms with Crippen LogP contribution in [0, 0.1) is 11.8 Å². The quantitative estimate of drug-likeness (QED) is 0.357. The lowest BCUT2D eigenvalue weighted by atomic mass is 10.0. The first-order chi connectivity index (χ1) is 14.5. The zero-order valence-corrected chi connectivity index (χ0v) is 19.1. The maximum Gasteiger partial charge on any atom is 0.290 e. The van der Waals surface area contributed by atoms with Gasteiger partial charge < -0.3 is 21.3 Å². The minimum atomic E-state index is -1.09. The monoisotopic (exact) mass is 436 g/mol. The minimum Gasteiger partial charge on any atom is -0.354 e. The van der Waals surface area contributed by atoms with E-state index in [-0.39, 0.29) is 18.9 Å². The molecule has 0 spiro atoms. The fraction of sp³-hybridized carbons (Fsp3) is 0.682. The Kier molecular flexibility index (Phi) is 10.9. The lowest BCUT2D eigenvalue weighted by molar-refractivity contribution is -0.141. The van der Waals surface area contributed by atoms with Gasteiger partial charge in [0, 0.05) is 6.54 Å². The van der Waals surface area contributed by atoms with Crippen LogP contribution >= 0.6 is 0 Å². The van der Waals surface area contributed by atoms with Gasteiger partial charge >= 0.3 is 0 Å². The van der Waals surface area contributed by atoms with E-state index < -0.39 is 47.5 Å². The second-order valence-corrected chi connectivity index (χ2v) is 8.66. The zero-order valence-electron chi connectivity index (χ0n) is 19.1. The Morgan fingerprint density at radius 3 is 2.39 bits per heavy atom. The number of amides is 4. The summed E-state index contributed by atoms with van der Waals surface area (Å²) in [6.45, 7) is 9.38. The molecule has 1 heterocycles. The lowest BCUT2D eigenvalue weighted by Gasteiger charge is -2.22. The molecular weight excluding hydrogens is 400 g/mol. The molecule has 0 radical (unpaired) electrons. The summed E-state index contributed by atoms with van der Waals surface area (Å²) in [5.41, 5.74) is 0. The third-order valence-electron chi connectivity index (χ3n) is 4.99. The number of hydrogen-bond acceptors (Lipinski definition) is 5. The number of hydrogen-bond donors (Lipinski definition) is 4. The Hall–Kier alpha value is -2.71. The fourth-order valence-corrected chi connectivity index (χ4v) is 3.06. The molecule has 174 valence electrons. The maximum absolute atomic E-state index is 12.6. The molecule has 2 unspecified atom stereocenters. The molecule has 4 amide bonds. The van der Waals surface area contributed by atoms with E-state index in [1.165, 1.54) is 13.0 Å². The Bertz CT molecular complexity index is 702. The third-order valence-corrected chi connectivity index (χ3v) is 4.99. The molecule has 3 atom stereocenters. The predicted octanol–water partition coefficient (Wildman–Crippen LogP) is 0.588. The largest absolute Gasteiger partial charge is 0.354 e. The number of ketones is 1. The van der Waals surface area contributed by atoms with Gasteiger partial charge in [0.2, 0.25) is 23.5 Å². The summed E-state index contributed by atoms with van der Waals surface area (Å²) in [7, 11) is 0. The summed E-state index contributed by atoms with van der Waals surface area (Å²) < 4.78 is 0. The summed E-state index contributed by atoms with van der Waals surface area (Å²) in [6, 6.07) is -2.84. The van der Waals surface area contributed by atoms with Gasteiger partial charge in [-0.1, -0.05) is 33.8 Å². The highest BCUT2D eigenvalue weighted by Gasteiger charge is 2.31. The highest BCUT2D eigenvalue weighted by Crippen LogP contribution is 2.06. The van der Waals surface area contributed by atoms with E-state index in [0.717, 1.165) is 12.8 Å². The molecule has 0 aromatic heterocycles. The molecule has 9 nitrogen and oxygen atoms in total. The number of rotatable bonds is 6. The summed E-state index contributed by atoms with van der Waals surface area (Å²) >= 11 is 0. The van der Waals surface area contributed by atoms with Gasteiger partial charge in [-0.3, -0.25) is 24.0 Å². The van der Waals surface area contributed by atoms with Gasteiger partial charge in [-0.05, 0) is 50.5 Å². The Morgan fingerprint density at radius 2 is 1.77 bits per heavy atom. The molecule has 0 bridgehead atoms. The molecule has 1 aliphatic rings. The van der Waals surface area contributed by atoms with Crippen LogP contribution in [0.5, 0.6) is 0 Å². The molecule has 1 fully saturated rings. The van der Waals surface area contributed by atoms with Gasteiger partial charge in [0.05, 0.1) is 6.04 Å². The van der Waals surface area contributed by atoms with Gasteiger partial charge in [0.25, 0.3) is 5.91 Å². The van der Waals surface area contributed by atoms with Gasteiger partial charge in [-0.15, -0.1) is 0 Å². The SMILES string of the molecule is CC(C)CC/C=C/C(=O)NC1CCCNC(=O)C(C(C)C)NC(=O)C(=O)[C@H](C)NC1=O. The number of carbonyl (C=O) groups excluding carboxylic acids is 5. The van der Waals surface area contributed by atoms with Gasteiger partial charge in [-0.25, -0.2) is 0 Å². The molecular formula is C22H36N4O5. The molecule has 31 heavy (non-hydrogen) atoms. The molecule has 4 N–H and O–H groups in total. The first kappa shape index (κ1) is 26.3. The van der Waals surface area contributed by atoms with Crippen molar-refractivity contribution in [2.24, 2.45) is 11.8 Å². The van der Waals surface area contributed by atoms with Crippen molar-refractivity contribution in [2.75, 3.05) is 6.54 Å². The van der Waals surface area contributed by atoms with Crippen LogP contribution in [0.3, 0.4) is 0 Å². The van der Waals surface area contributed by atoms with Crippen molar-refractivity contribution in [3.8, 4) is 0 Å². The van der Waals surface area contributed by atoms with Crippen molar-refractivity contribution in [2.45, 2.75) is 78.4 Å². The van der Waals surface area contributed by atoms with Crippen molar-refractivity contribution in [1.82, 2.24) is 21.3 Å². The van der Waals surface area contributed by atoms with E-state index in [4.69, 9.17) is 0 Å². The third kappa shape index (κ3) is 9.31. The van der Waals surface area contributed by atoms with Crippen molar-refractivity contribution >= 4 is 29.4 Å². The molecule has 0 saturated carbocycles. The van der Waals surface area contributed by atoms with Crippen LogP contribution in [0.1, 0.15) is 60.3 Å². The Balaban J connectivity index is 2.90. The van der Waals surface area contributed by atoms with Crippen LogP contribution in [-0.2, 0) is 24.0 Å². The number of allylic oxidation sites excluding steroid dienone is 1. The van der Waals surface area contributed by atoms with Gasteiger partial charge in [0.15, 0.2) is 0 Å². The number of Topliss-reactive ketones (excluding diaryl/α,β-unsaturated/α-hetero) is 1. The second kappa shape index (κ2) is 12.9. The van der Waals surface area contributed by atoms with E-state index in [1.54, 1.807) is 19.9 Å². The number of nitrogens with one attached hydrogen (secondary N) is 4. The van der Waals surface area contributed by atoms with E-state index in [1.807, 2.05) is 0 Å². The Morgan fingerprint density at radius 1 is 1.10 bits per heavy atom. The van der Waals surface area contributed by atoms with E-state index >= 15 is 0 Å². The van der Waals surface area contributed by atoms with Crippen molar-refractivity contribution in [1.29, 1.82) is 0 Å². The topological polar surface area (TPSA) is 133 Å². The first-order valence-electron chi connectivity index (χ1n) is 10.9. The van der Waals surface area contributed by atoms with E-state index in [0.29, 0.717) is 12.3 Å². The number of carbonyl (C=O) groups is 5. The van der Waals surface area contributed by atoms with Crippen LogP contribution in [0.2, 0.25) is 0 Å². The summed E-state index contributed by atoms with van der Waals surface area (Å²) in [5.74, 6) is -2.84. The summed E-state index contributed by atoms with van der Waals surface area (Å²) in [5, 5.41) is 10.3. The average Bonchev–Trinajstić information content (AvgIpc) is 2.69. The average molecular weight is 437 g/mol. The van der Waals surface area contributed by atoms with Crippen LogP contribution in [0.15, 0.2) is 12.2 Å². The first-order valence-corrected chi connectivity index (χ1v) is 10.9. The summed E-state index contributed by atoms with van der Waals surface area (Å²) in [4.78, 5) is 61.9. The molecule has 0 aliphatic carbocycles. The van der Waals surface area contributed by atoms with Crippen molar-refractivity contribution < 1.29 is 24.0 Å². The Labute approximate surface area is 184 Å². The fourth-order valence-electron chi connectivity index (χ4n) is 3.06. The van der Waals surface area contributed by atoms with Crippen LogP contribution in [-0.4, -0.2) is 54.1 Å². The molecule has 1 saturated heterocycles. The predicted molar refractivity (Wildman–Crippen MR) is 117 cm³/mol. The highest BCUT2D eigenvalue weighted by atomic mass is 16.2. The van der Waals surface area contributed by atoms with Crippen molar-refractivity contribution in [3.05, 3.63) is 12.2 Å². The molecule has 0 aromatic carbocycles. The smallest absolute Gasteiger partial charge is 0.290 e. The van der Waals surface area contributed by atoms with Crippen LogP contribution in [0.4, 0.5) is 0 Å². The maximum atomic E-state index is 12.6. The molecule has 1 rings (SSSR count). The summed E-state index contributed by atoms with van der Waals surface area (Å²) in [6.07, 6.45) is 5.57. The van der Waals surface area contributed by atoms with Crippen molar-refractivity contribution in [3.63, 3.8) is 0 Å². The highest BCUT2D eigenvalue weighted by molar-refractivity contribution is 6.38. The molecule has 9 heteroatoms. The van der Waals surface area contributed by atoms with Crippen LogP contribution < -0.4 is 21.3 Å². The zero-order chi connectivity index (χ0) is 23.6. The molecule has 1 aliphatic heterocycles. The molecule has 0 aromatic rings. The van der Waals surface area contributed by atoms with E-state index in [2.05, 4.69) is 35.1 Å². The standard InChI is InChI=1S/C22H36N4O5/c1-13(2)9-6-7-11-17(27)25-16-10-8-12-23-21(30)18(14(3)4)26-22(31)19(28)15(5)24-20(16)29/h7,11,13-16,18H,6,8-10,12H2,1-5H3,(H,23,30)(H,24,29)(H,25,27)(H,26,31)/b11-7+/t15-,16?,18?/m0/s1. The van der Waals surface area contributed by atoms with Gasteiger partial charge in [0.1, 0.15) is 12.1 Å². The normalized spacial score (nSPS) is 24.2. The second-order valence-electron chi connectivity index (χ2n) is 8.66.